The van der Waals surface area contributed by atoms with E-state index in [-0.39, 0.29) is 25.1 Å². The molecule has 0 saturated carbocycles. The van der Waals surface area contributed by atoms with Crippen LogP contribution >= 0.6 is 15.9 Å². The lowest BCUT2D eigenvalue weighted by Crippen LogP contribution is -2.29. The predicted octanol–water partition coefficient (Wildman–Crippen LogP) is 2.70. The molecule has 9 heteroatoms. The number of amides is 1. The van der Waals surface area contributed by atoms with Gasteiger partial charge in [0, 0.05) is 19.8 Å². The van der Waals surface area contributed by atoms with Gasteiger partial charge in [0.05, 0.1) is 24.6 Å². The summed E-state index contributed by atoms with van der Waals surface area (Å²) in [5.74, 6) is 0.997. The van der Waals surface area contributed by atoms with Crippen LogP contribution in [-0.4, -0.2) is 59.3 Å². The summed E-state index contributed by atoms with van der Waals surface area (Å²) in [6, 6.07) is 3.67. The average molecular weight is 460 g/mol. The van der Waals surface area contributed by atoms with Gasteiger partial charge < -0.3 is 29.0 Å². The Morgan fingerprint density at radius 2 is 1.79 bits per heavy atom. The molecule has 1 fully saturated rings. The molecule has 0 bridgehead atoms. The van der Waals surface area contributed by atoms with Crippen molar-refractivity contribution >= 4 is 28.0 Å². The van der Waals surface area contributed by atoms with Crippen molar-refractivity contribution in [2.24, 2.45) is 5.92 Å². The van der Waals surface area contributed by atoms with Gasteiger partial charge in [-0.3, -0.25) is 4.79 Å². The first-order valence-corrected chi connectivity index (χ1v) is 9.89. The molecule has 1 heterocycles. The second-order valence-electron chi connectivity index (χ2n) is 6.17. The maximum Gasteiger partial charge on any atom is 0.407 e. The van der Waals surface area contributed by atoms with Crippen LogP contribution < -0.4 is 14.8 Å². The Balaban J connectivity index is 1.65. The molecule has 2 rings (SSSR count). The fourth-order valence-electron chi connectivity index (χ4n) is 2.80. The number of rotatable bonds is 9. The van der Waals surface area contributed by atoms with E-state index in [1.54, 1.807) is 14.2 Å². The van der Waals surface area contributed by atoms with Gasteiger partial charge in [0.1, 0.15) is 24.7 Å². The van der Waals surface area contributed by atoms with Crippen LogP contribution in [0.15, 0.2) is 16.6 Å². The largest absolute Gasteiger partial charge is 0.496 e. The second-order valence-corrected chi connectivity index (χ2v) is 7.02. The zero-order valence-electron chi connectivity index (χ0n) is 16.1. The van der Waals surface area contributed by atoms with Crippen molar-refractivity contribution in [3.63, 3.8) is 0 Å². The van der Waals surface area contributed by atoms with Gasteiger partial charge in [-0.25, -0.2) is 4.79 Å². The third-order valence-corrected chi connectivity index (χ3v) is 4.95. The molecule has 0 radical (unpaired) electrons. The lowest BCUT2D eigenvalue weighted by Gasteiger charge is -2.20. The van der Waals surface area contributed by atoms with Crippen LogP contribution in [0.2, 0.25) is 0 Å². The van der Waals surface area contributed by atoms with Crippen LogP contribution in [0.5, 0.6) is 11.5 Å². The van der Waals surface area contributed by atoms with E-state index in [0.29, 0.717) is 50.5 Å². The minimum absolute atomic E-state index is 0.0101. The van der Waals surface area contributed by atoms with Crippen LogP contribution in [0.25, 0.3) is 0 Å². The number of alkyl carbamates (subject to hydrolysis) is 1. The fraction of sp³-hybridized carbons (Fsp3) is 0.579. The number of hydrogen-bond donors (Lipinski definition) is 1. The van der Waals surface area contributed by atoms with Gasteiger partial charge in [0.2, 0.25) is 0 Å². The van der Waals surface area contributed by atoms with Gasteiger partial charge in [-0.15, -0.1) is 0 Å². The highest BCUT2D eigenvalue weighted by Crippen LogP contribution is 2.32. The Labute approximate surface area is 172 Å². The van der Waals surface area contributed by atoms with Crippen molar-refractivity contribution in [1.82, 2.24) is 5.32 Å². The number of halogens is 1. The lowest BCUT2D eigenvalue weighted by molar-refractivity contribution is -0.152. The minimum atomic E-state index is -0.565. The molecule has 1 amide bonds. The number of hydrogen-bond acceptors (Lipinski definition) is 7. The van der Waals surface area contributed by atoms with E-state index in [2.05, 4.69) is 21.2 Å². The van der Waals surface area contributed by atoms with Crippen LogP contribution in [0, 0.1) is 5.92 Å². The molecule has 1 N–H and O–H groups in total. The second kappa shape index (κ2) is 11.8. The number of esters is 1. The SMILES string of the molecule is COc1cc(CCNC(=O)OCCOC(=O)C2CCOCC2)c(OC)cc1Br. The van der Waals surface area contributed by atoms with Crippen LogP contribution in [0.3, 0.4) is 0 Å². The summed E-state index contributed by atoms with van der Waals surface area (Å²) in [5, 5.41) is 2.66. The first-order valence-electron chi connectivity index (χ1n) is 9.10. The Kier molecular flexibility index (Phi) is 9.36. The zero-order chi connectivity index (χ0) is 20.4. The summed E-state index contributed by atoms with van der Waals surface area (Å²) < 4.78 is 26.8. The number of nitrogens with one attached hydrogen (secondary N) is 1. The quantitative estimate of drug-likeness (QED) is 0.448. The number of ether oxygens (including phenoxy) is 5. The molecule has 1 saturated heterocycles. The molecule has 8 nitrogen and oxygen atoms in total. The normalized spacial score (nSPS) is 14.2. The number of methoxy groups -OCH3 is 2. The summed E-state index contributed by atoms with van der Waals surface area (Å²) in [6.45, 7) is 1.57. The van der Waals surface area contributed by atoms with Crippen molar-refractivity contribution in [2.75, 3.05) is 47.2 Å². The standard InChI is InChI=1S/C19H26BrNO7/c1-24-16-12-15(20)17(25-2)11-14(16)3-6-21-19(23)28-10-9-27-18(22)13-4-7-26-8-5-13/h11-13H,3-10H2,1-2H3,(H,21,23). The zero-order valence-corrected chi connectivity index (χ0v) is 17.7. The number of benzene rings is 1. The molecule has 1 aliphatic heterocycles. The molecule has 0 atom stereocenters. The monoisotopic (exact) mass is 459 g/mol. The Hall–Kier alpha value is -2.00. The highest BCUT2D eigenvalue weighted by molar-refractivity contribution is 9.10. The summed E-state index contributed by atoms with van der Waals surface area (Å²) in [7, 11) is 3.17. The maximum atomic E-state index is 11.8. The summed E-state index contributed by atoms with van der Waals surface area (Å²) in [5.41, 5.74) is 0.897. The third kappa shape index (κ3) is 6.87. The Morgan fingerprint density at radius 3 is 2.46 bits per heavy atom. The van der Waals surface area contributed by atoms with E-state index < -0.39 is 6.09 Å². The molecular formula is C19H26BrNO7. The van der Waals surface area contributed by atoms with Gasteiger partial charge in [-0.2, -0.15) is 0 Å². The number of carbonyl (C=O) groups excluding carboxylic acids is 2. The highest BCUT2D eigenvalue weighted by Gasteiger charge is 2.22. The first kappa shape index (κ1) is 22.3. The molecule has 0 unspecified atom stereocenters. The predicted molar refractivity (Wildman–Crippen MR) is 105 cm³/mol. The molecule has 156 valence electrons. The van der Waals surface area contributed by atoms with Crippen LogP contribution in [0.4, 0.5) is 4.79 Å². The van der Waals surface area contributed by atoms with Gasteiger partial charge in [-0.05, 0) is 52.9 Å². The van der Waals surface area contributed by atoms with E-state index in [4.69, 9.17) is 23.7 Å². The van der Waals surface area contributed by atoms with Crippen LogP contribution in [-0.2, 0) is 25.4 Å². The Morgan fingerprint density at radius 1 is 1.11 bits per heavy atom. The molecule has 28 heavy (non-hydrogen) atoms. The third-order valence-electron chi connectivity index (χ3n) is 4.33. The average Bonchev–Trinajstić information content (AvgIpc) is 2.72. The molecule has 1 aliphatic rings. The molecule has 1 aromatic rings. The minimum Gasteiger partial charge on any atom is -0.496 e. The van der Waals surface area contributed by atoms with E-state index in [0.717, 1.165) is 10.0 Å². The van der Waals surface area contributed by atoms with Crippen molar-refractivity contribution in [2.45, 2.75) is 19.3 Å². The topological polar surface area (TPSA) is 92.3 Å². The van der Waals surface area contributed by atoms with Crippen molar-refractivity contribution in [3.05, 3.63) is 22.2 Å². The van der Waals surface area contributed by atoms with E-state index in [1.807, 2.05) is 12.1 Å². The van der Waals surface area contributed by atoms with E-state index in [9.17, 15) is 9.59 Å². The van der Waals surface area contributed by atoms with Gasteiger partial charge in [-0.1, -0.05) is 0 Å². The molecule has 0 aliphatic carbocycles. The summed E-state index contributed by atoms with van der Waals surface area (Å²) in [4.78, 5) is 23.6. The molecule has 1 aromatic carbocycles. The summed E-state index contributed by atoms with van der Waals surface area (Å²) in [6.07, 6.45) is 1.32. The van der Waals surface area contributed by atoms with Crippen molar-refractivity contribution in [1.29, 1.82) is 0 Å². The fourth-order valence-corrected chi connectivity index (χ4v) is 3.28. The van der Waals surface area contributed by atoms with Crippen LogP contribution in [0.1, 0.15) is 18.4 Å². The Bertz CT molecular complexity index is 662. The van der Waals surface area contributed by atoms with Crippen molar-refractivity contribution in [3.8, 4) is 11.5 Å². The van der Waals surface area contributed by atoms with E-state index in [1.165, 1.54) is 0 Å². The van der Waals surface area contributed by atoms with Gasteiger partial charge in [0.25, 0.3) is 0 Å². The highest BCUT2D eigenvalue weighted by atomic mass is 79.9. The lowest BCUT2D eigenvalue weighted by atomic mass is 10.0. The summed E-state index contributed by atoms with van der Waals surface area (Å²) >= 11 is 3.41. The smallest absolute Gasteiger partial charge is 0.407 e. The molecule has 0 spiro atoms. The van der Waals surface area contributed by atoms with Gasteiger partial charge >= 0.3 is 12.1 Å². The first-order chi connectivity index (χ1) is 13.5. The van der Waals surface area contributed by atoms with Crippen molar-refractivity contribution < 1.29 is 33.3 Å². The molecule has 0 aromatic heterocycles. The van der Waals surface area contributed by atoms with E-state index >= 15 is 0 Å². The molecular weight excluding hydrogens is 434 g/mol. The number of carbonyl (C=O) groups is 2. The maximum absolute atomic E-state index is 11.8. The van der Waals surface area contributed by atoms with Gasteiger partial charge in [0.15, 0.2) is 0 Å².